The second-order valence-electron chi connectivity index (χ2n) is 3.47. The first kappa shape index (κ1) is 11.8. The van der Waals surface area contributed by atoms with E-state index in [-0.39, 0.29) is 0 Å². The van der Waals surface area contributed by atoms with Gasteiger partial charge in [0.2, 0.25) is 5.88 Å². The third-order valence-electron chi connectivity index (χ3n) is 2.26. The molecular weight excluding hydrogens is 238 g/mol. The summed E-state index contributed by atoms with van der Waals surface area (Å²) in [7, 11) is 1.53. The van der Waals surface area contributed by atoms with Crippen LogP contribution in [0.4, 0.5) is 5.69 Å². The molecule has 0 saturated heterocycles. The Morgan fingerprint density at radius 3 is 2.65 bits per heavy atom. The van der Waals surface area contributed by atoms with Crippen molar-refractivity contribution in [1.82, 2.24) is 9.97 Å². The lowest BCUT2D eigenvalue weighted by Gasteiger charge is -2.04. The van der Waals surface area contributed by atoms with E-state index in [0.29, 0.717) is 16.8 Å². The lowest BCUT2D eigenvalue weighted by molar-refractivity contribution is 0.396. The van der Waals surface area contributed by atoms with Crippen molar-refractivity contribution in [2.45, 2.75) is 24.1 Å². The van der Waals surface area contributed by atoms with Crippen LogP contribution in [0.25, 0.3) is 0 Å². The van der Waals surface area contributed by atoms with E-state index < -0.39 is 0 Å². The molecule has 0 amide bonds. The molecule has 0 aliphatic carbocycles. The van der Waals surface area contributed by atoms with Gasteiger partial charge in [-0.3, -0.25) is 0 Å². The summed E-state index contributed by atoms with van der Waals surface area (Å²) in [4.78, 5) is 8.51. The molecule has 0 aromatic carbocycles. The van der Waals surface area contributed by atoms with Crippen LogP contribution in [0, 0.1) is 13.8 Å². The van der Waals surface area contributed by atoms with Crippen molar-refractivity contribution in [2.24, 2.45) is 0 Å². The number of nitrogen functional groups attached to an aromatic ring is 1. The van der Waals surface area contributed by atoms with Gasteiger partial charge in [-0.2, -0.15) is 0 Å². The third-order valence-corrected chi connectivity index (χ3v) is 3.04. The summed E-state index contributed by atoms with van der Waals surface area (Å²) in [6.45, 7) is 3.78. The number of pyridine rings is 1. The van der Waals surface area contributed by atoms with Crippen LogP contribution >= 0.6 is 11.8 Å². The molecule has 90 valence electrons. The van der Waals surface area contributed by atoms with Crippen molar-refractivity contribution in [3.05, 3.63) is 23.6 Å². The highest BCUT2D eigenvalue weighted by molar-refractivity contribution is 7.99. The molecule has 2 heterocycles. The molecule has 0 saturated carbocycles. The number of hydrogen-bond donors (Lipinski definition) is 1. The third kappa shape index (κ3) is 2.52. The van der Waals surface area contributed by atoms with Crippen molar-refractivity contribution in [2.75, 3.05) is 12.8 Å². The van der Waals surface area contributed by atoms with Gasteiger partial charge in [0.15, 0.2) is 0 Å². The Bertz CT molecular complexity index is 520. The first-order valence-electron chi connectivity index (χ1n) is 5.02. The molecule has 0 spiro atoms. The number of aromatic nitrogens is 2. The number of nitrogens with two attached hydrogens (primary N) is 1. The Hall–Kier alpha value is -1.69. The number of anilines is 1. The molecule has 0 fully saturated rings. The Morgan fingerprint density at radius 1 is 1.29 bits per heavy atom. The van der Waals surface area contributed by atoms with Crippen LogP contribution < -0.4 is 10.5 Å². The highest BCUT2D eigenvalue weighted by atomic mass is 32.2. The smallest absolute Gasteiger partial charge is 0.262 e. The van der Waals surface area contributed by atoms with Gasteiger partial charge in [0.05, 0.1) is 18.5 Å². The van der Waals surface area contributed by atoms with Crippen LogP contribution in [0.3, 0.4) is 0 Å². The summed E-state index contributed by atoms with van der Waals surface area (Å²) in [5.41, 5.74) is 7.08. The second-order valence-corrected chi connectivity index (χ2v) is 4.44. The van der Waals surface area contributed by atoms with Crippen molar-refractivity contribution in [1.29, 1.82) is 0 Å². The van der Waals surface area contributed by atoms with Crippen LogP contribution in [-0.4, -0.2) is 17.1 Å². The lowest BCUT2D eigenvalue weighted by atomic mass is 10.4. The van der Waals surface area contributed by atoms with Gasteiger partial charge in [-0.15, -0.1) is 0 Å². The van der Waals surface area contributed by atoms with E-state index in [1.807, 2.05) is 13.8 Å². The fraction of sp³-hybridized carbons (Fsp3) is 0.273. The summed E-state index contributed by atoms with van der Waals surface area (Å²) < 4.78 is 10.5. The number of methoxy groups -OCH3 is 1. The number of ether oxygens (including phenoxy) is 1. The molecule has 0 atom stereocenters. The van der Waals surface area contributed by atoms with Gasteiger partial charge in [-0.05, 0) is 37.7 Å². The van der Waals surface area contributed by atoms with E-state index in [0.717, 1.165) is 16.5 Å². The van der Waals surface area contributed by atoms with Crippen LogP contribution in [0.5, 0.6) is 5.88 Å². The molecule has 0 aliphatic rings. The first-order valence-corrected chi connectivity index (χ1v) is 5.84. The molecule has 0 bridgehead atoms. The predicted octanol–water partition coefficient (Wildman–Crippen LogP) is 2.43. The van der Waals surface area contributed by atoms with Crippen LogP contribution in [-0.2, 0) is 0 Å². The predicted molar refractivity (Wildman–Crippen MR) is 65.3 cm³/mol. The monoisotopic (exact) mass is 251 g/mol. The van der Waals surface area contributed by atoms with E-state index in [2.05, 4.69) is 9.97 Å². The maximum atomic E-state index is 5.69. The van der Waals surface area contributed by atoms with E-state index in [1.165, 1.54) is 18.9 Å². The Kier molecular flexibility index (Phi) is 3.23. The van der Waals surface area contributed by atoms with Crippen LogP contribution in [0.2, 0.25) is 0 Å². The average molecular weight is 251 g/mol. The fourth-order valence-electron chi connectivity index (χ4n) is 1.23. The zero-order valence-corrected chi connectivity index (χ0v) is 10.7. The Morgan fingerprint density at radius 2 is 2.06 bits per heavy atom. The number of rotatable bonds is 3. The fourth-order valence-corrected chi connectivity index (χ4v) is 2.02. The second kappa shape index (κ2) is 4.67. The number of oxazole rings is 1. The van der Waals surface area contributed by atoms with Gasteiger partial charge < -0.3 is 14.9 Å². The molecule has 2 aromatic rings. The van der Waals surface area contributed by atoms with Gasteiger partial charge in [0, 0.05) is 0 Å². The summed E-state index contributed by atoms with van der Waals surface area (Å²) in [5.74, 6) is 1.23. The summed E-state index contributed by atoms with van der Waals surface area (Å²) in [6.07, 6.45) is 0. The number of hydrogen-bond acceptors (Lipinski definition) is 6. The Balaban J connectivity index is 2.24. The van der Waals surface area contributed by atoms with E-state index in [1.54, 1.807) is 12.1 Å². The normalized spacial score (nSPS) is 10.5. The average Bonchev–Trinajstić information content (AvgIpc) is 2.61. The minimum absolute atomic E-state index is 0.412. The molecule has 0 radical (unpaired) electrons. The van der Waals surface area contributed by atoms with Crippen LogP contribution in [0.15, 0.2) is 26.8 Å². The maximum Gasteiger partial charge on any atom is 0.262 e. The maximum absolute atomic E-state index is 5.69. The van der Waals surface area contributed by atoms with Gasteiger partial charge in [-0.25, -0.2) is 9.97 Å². The summed E-state index contributed by atoms with van der Waals surface area (Å²) in [6, 6.07) is 3.55. The largest absolute Gasteiger partial charge is 0.480 e. The standard InChI is InChI=1S/C11H13N3O2S/c1-6-7(2)16-11(13-6)17-9-5-4-8(12)10(14-9)15-3/h4-5H,12H2,1-3H3. The van der Waals surface area contributed by atoms with E-state index >= 15 is 0 Å². The summed E-state index contributed by atoms with van der Waals surface area (Å²) in [5, 5.41) is 1.30. The highest BCUT2D eigenvalue weighted by Crippen LogP contribution is 2.30. The molecule has 2 aromatic heterocycles. The SMILES string of the molecule is COc1nc(Sc2nc(C)c(C)o2)ccc1N. The molecule has 0 aliphatic heterocycles. The Labute approximate surface area is 103 Å². The van der Waals surface area contributed by atoms with Crippen molar-refractivity contribution in [3.8, 4) is 5.88 Å². The molecule has 5 nitrogen and oxygen atoms in total. The molecule has 2 N–H and O–H groups in total. The van der Waals surface area contributed by atoms with Crippen LogP contribution in [0.1, 0.15) is 11.5 Å². The lowest BCUT2D eigenvalue weighted by Crippen LogP contribution is -1.95. The topological polar surface area (TPSA) is 74.2 Å². The molecular formula is C11H13N3O2S. The molecule has 6 heteroatoms. The molecule has 2 rings (SSSR count). The van der Waals surface area contributed by atoms with Gasteiger partial charge in [0.25, 0.3) is 5.22 Å². The van der Waals surface area contributed by atoms with Gasteiger partial charge >= 0.3 is 0 Å². The van der Waals surface area contributed by atoms with Gasteiger partial charge in [0.1, 0.15) is 10.8 Å². The number of aryl methyl sites for hydroxylation is 2. The number of nitrogens with zero attached hydrogens (tertiary/aromatic N) is 2. The highest BCUT2D eigenvalue weighted by Gasteiger charge is 2.10. The molecule has 17 heavy (non-hydrogen) atoms. The van der Waals surface area contributed by atoms with Gasteiger partial charge in [-0.1, -0.05) is 0 Å². The van der Waals surface area contributed by atoms with E-state index in [4.69, 9.17) is 14.9 Å². The minimum Gasteiger partial charge on any atom is -0.480 e. The zero-order valence-electron chi connectivity index (χ0n) is 9.85. The zero-order chi connectivity index (χ0) is 12.4. The quantitative estimate of drug-likeness (QED) is 0.903. The van der Waals surface area contributed by atoms with Crippen molar-refractivity contribution >= 4 is 17.4 Å². The summed E-state index contributed by atoms with van der Waals surface area (Å²) >= 11 is 1.34. The van der Waals surface area contributed by atoms with E-state index in [9.17, 15) is 0 Å². The van der Waals surface area contributed by atoms with Crippen molar-refractivity contribution in [3.63, 3.8) is 0 Å². The van der Waals surface area contributed by atoms with Crippen molar-refractivity contribution < 1.29 is 9.15 Å². The first-order chi connectivity index (χ1) is 8.10. The molecule has 0 unspecified atom stereocenters. The minimum atomic E-state index is 0.412.